The molecule has 0 atom stereocenters. The number of H-pyrrole nitrogens is 2. The number of aromatic nitrogens is 4. The van der Waals surface area contributed by atoms with Crippen LogP contribution in [0.5, 0.6) is 5.75 Å². The number of anilines is 1. The number of nitrogens with zero attached hydrogens (tertiary/aromatic N) is 2. The van der Waals surface area contributed by atoms with Crippen LogP contribution in [0.25, 0.3) is 22.3 Å². The van der Waals surface area contributed by atoms with E-state index < -0.39 is 5.82 Å². The molecule has 0 aliphatic rings. The molecule has 28 heavy (non-hydrogen) atoms. The summed E-state index contributed by atoms with van der Waals surface area (Å²) in [6.07, 6.45) is 1.55. The number of methoxy groups -OCH3 is 1. The van der Waals surface area contributed by atoms with Gasteiger partial charge in [-0.3, -0.25) is 9.89 Å². The number of pyridine rings is 1. The van der Waals surface area contributed by atoms with E-state index in [-0.39, 0.29) is 5.91 Å². The lowest BCUT2D eigenvalue weighted by molar-refractivity contribution is 0.102. The molecule has 0 saturated heterocycles. The topological polar surface area (TPSA) is 95.7 Å². The molecule has 0 bridgehead atoms. The van der Waals surface area contributed by atoms with Gasteiger partial charge < -0.3 is 15.0 Å². The molecule has 0 fully saturated rings. The van der Waals surface area contributed by atoms with Crippen LogP contribution < -0.4 is 10.1 Å². The van der Waals surface area contributed by atoms with Gasteiger partial charge in [-0.25, -0.2) is 9.37 Å². The molecule has 4 rings (SSSR count). The Morgan fingerprint density at radius 3 is 2.71 bits per heavy atom. The molecule has 0 saturated carbocycles. The number of fused-ring (bicyclic) bond motifs is 1. The van der Waals surface area contributed by atoms with Crippen LogP contribution in [-0.4, -0.2) is 33.2 Å². The van der Waals surface area contributed by atoms with Crippen LogP contribution in [0.3, 0.4) is 0 Å². The van der Waals surface area contributed by atoms with Gasteiger partial charge >= 0.3 is 0 Å². The van der Waals surface area contributed by atoms with Gasteiger partial charge in [0.2, 0.25) is 0 Å². The van der Waals surface area contributed by atoms with Gasteiger partial charge in [0, 0.05) is 22.6 Å². The molecule has 0 unspecified atom stereocenters. The van der Waals surface area contributed by atoms with Crippen LogP contribution in [0.2, 0.25) is 0 Å². The number of amides is 1. The number of halogens is 1. The first kappa shape index (κ1) is 17.7. The van der Waals surface area contributed by atoms with Gasteiger partial charge in [-0.1, -0.05) is 0 Å². The maximum absolute atomic E-state index is 14.3. The second-order valence-corrected chi connectivity index (χ2v) is 6.45. The van der Waals surface area contributed by atoms with E-state index in [9.17, 15) is 9.18 Å². The van der Waals surface area contributed by atoms with E-state index >= 15 is 0 Å². The van der Waals surface area contributed by atoms with Crippen molar-refractivity contribution in [3.05, 3.63) is 59.3 Å². The third-order valence-electron chi connectivity index (χ3n) is 4.67. The summed E-state index contributed by atoms with van der Waals surface area (Å²) in [5.41, 5.74) is 4.11. The summed E-state index contributed by atoms with van der Waals surface area (Å²) < 4.78 is 19.4. The Labute approximate surface area is 160 Å². The summed E-state index contributed by atoms with van der Waals surface area (Å²) in [5.74, 6) is -0.245. The summed E-state index contributed by atoms with van der Waals surface area (Å²) in [7, 11) is 1.49. The van der Waals surface area contributed by atoms with Crippen molar-refractivity contribution in [2.45, 2.75) is 13.8 Å². The minimum absolute atomic E-state index is 0.295. The van der Waals surface area contributed by atoms with Crippen molar-refractivity contribution in [2.75, 3.05) is 12.4 Å². The molecule has 0 spiro atoms. The van der Waals surface area contributed by atoms with Crippen LogP contribution in [0.4, 0.5) is 10.1 Å². The normalized spacial score (nSPS) is 11.0. The van der Waals surface area contributed by atoms with Gasteiger partial charge in [0.05, 0.1) is 30.4 Å². The lowest BCUT2D eigenvalue weighted by Crippen LogP contribution is -2.13. The second-order valence-electron chi connectivity index (χ2n) is 6.45. The Balaban J connectivity index is 1.63. The Bertz CT molecular complexity index is 1190. The van der Waals surface area contributed by atoms with Crippen LogP contribution in [0.1, 0.15) is 21.7 Å². The zero-order valence-electron chi connectivity index (χ0n) is 15.6. The molecule has 8 heteroatoms. The Morgan fingerprint density at radius 1 is 1.21 bits per heavy atom. The fourth-order valence-corrected chi connectivity index (χ4v) is 2.97. The van der Waals surface area contributed by atoms with Crippen LogP contribution in [0.15, 0.2) is 36.5 Å². The standard InChI is InChI=1S/C20H18FN5O2/c1-10-11(2)25-26-18(10)20(27)23-13-6-12-7-17(24-19(12)22-9-13)15-5-4-14(28-3)8-16(15)21/h4-9H,1-3H3,(H,22,24)(H,23,27)(H,25,26). The average Bonchev–Trinajstić information content (AvgIpc) is 3.24. The highest BCUT2D eigenvalue weighted by Crippen LogP contribution is 2.29. The maximum atomic E-state index is 14.3. The minimum Gasteiger partial charge on any atom is -0.497 e. The number of aromatic amines is 2. The number of benzene rings is 1. The molecule has 7 nitrogen and oxygen atoms in total. The molecule has 0 aliphatic heterocycles. The predicted octanol–water partition coefficient (Wildman–Crippen LogP) is 3.97. The molecule has 1 aromatic carbocycles. The van der Waals surface area contributed by atoms with Crippen molar-refractivity contribution in [2.24, 2.45) is 0 Å². The first-order valence-electron chi connectivity index (χ1n) is 8.62. The van der Waals surface area contributed by atoms with Crippen LogP contribution in [-0.2, 0) is 0 Å². The third-order valence-corrected chi connectivity index (χ3v) is 4.67. The van der Waals surface area contributed by atoms with Gasteiger partial charge in [-0.2, -0.15) is 5.10 Å². The highest BCUT2D eigenvalue weighted by molar-refractivity contribution is 6.04. The number of aryl methyl sites for hydroxylation is 1. The number of nitrogens with one attached hydrogen (secondary N) is 3. The summed E-state index contributed by atoms with van der Waals surface area (Å²) >= 11 is 0. The number of hydrogen-bond donors (Lipinski definition) is 3. The summed E-state index contributed by atoms with van der Waals surface area (Å²) in [5, 5.41) is 10.3. The summed E-state index contributed by atoms with van der Waals surface area (Å²) in [6.45, 7) is 3.66. The van der Waals surface area contributed by atoms with E-state index in [1.54, 1.807) is 30.5 Å². The molecule has 3 aromatic heterocycles. The highest BCUT2D eigenvalue weighted by Gasteiger charge is 2.15. The molecular formula is C20H18FN5O2. The molecule has 0 radical (unpaired) electrons. The molecular weight excluding hydrogens is 361 g/mol. The van der Waals surface area contributed by atoms with Crippen molar-refractivity contribution >= 4 is 22.6 Å². The number of carbonyl (C=O) groups is 1. The monoisotopic (exact) mass is 379 g/mol. The predicted molar refractivity (Wildman–Crippen MR) is 104 cm³/mol. The fraction of sp³-hybridized carbons (Fsp3) is 0.150. The van der Waals surface area contributed by atoms with Gasteiger partial charge in [0.1, 0.15) is 22.9 Å². The van der Waals surface area contributed by atoms with Crippen LogP contribution >= 0.6 is 0 Å². The largest absolute Gasteiger partial charge is 0.497 e. The maximum Gasteiger partial charge on any atom is 0.273 e. The molecule has 0 aliphatic carbocycles. The number of carbonyl (C=O) groups excluding carboxylic acids is 1. The molecule has 3 N–H and O–H groups in total. The number of rotatable bonds is 4. The van der Waals surface area contributed by atoms with Crippen LogP contribution in [0, 0.1) is 19.7 Å². The quantitative estimate of drug-likeness (QED) is 0.500. The lowest BCUT2D eigenvalue weighted by Gasteiger charge is -2.04. The Morgan fingerprint density at radius 2 is 2.04 bits per heavy atom. The highest BCUT2D eigenvalue weighted by atomic mass is 19.1. The Kier molecular flexibility index (Phi) is 4.31. The molecule has 4 aromatic rings. The first-order valence-corrected chi connectivity index (χ1v) is 8.62. The molecule has 3 heterocycles. The number of hydrogen-bond acceptors (Lipinski definition) is 4. The second kappa shape index (κ2) is 6.80. The first-order chi connectivity index (χ1) is 13.5. The van der Waals surface area contributed by atoms with Crippen molar-refractivity contribution in [1.29, 1.82) is 0 Å². The van der Waals surface area contributed by atoms with E-state index in [0.29, 0.717) is 34.0 Å². The van der Waals surface area contributed by atoms with E-state index in [2.05, 4.69) is 25.5 Å². The summed E-state index contributed by atoms with van der Waals surface area (Å²) in [6, 6.07) is 8.23. The zero-order chi connectivity index (χ0) is 19.8. The van der Waals surface area contributed by atoms with E-state index in [1.807, 2.05) is 13.8 Å². The van der Waals surface area contributed by atoms with Gasteiger partial charge in [0.25, 0.3) is 5.91 Å². The number of ether oxygens (including phenoxy) is 1. The smallest absolute Gasteiger partial charge is 0.273 e. The van der Waals surface area contributed by atoms with Crippen molar-refractivity contribution in [3.8, 4) is 17.0 Å². The average molecular weight is 379 g/mol. The van der Waals surface area contributed by atoms with E-state index in [0.717, 1.165) is 16.6 Å². The SMILES string of the molecule is COc1ccc(-c2cc3cc(NC(=O)c4[nH]nc(C)c4C)cnc3[nH]2)c(F)c1. The van der Waals surface area contributed by atoms with Gasteiger partial charge in [-0.05, 0) is 38.1 Å². The van der Waals surface area contributed by atoms with Crippen molar-refractivity contribution in [3.63, 3.8) is 0 Å². The summed E-state index contributed by atoms with van der Waals surface area (Å²) in [4.78, 5) is 19.9. The van der Waals surface area contributed by atoms with Crippen molar-refractivity contribution < 1.29 is 13.9 Å². The van der Waals surface area contributed by atoms with Gasteiger partial charge in [0.15, 0.2) is 0 Å². The van der Waals surface area contributed by atoms with E-state index in [4.69, 9.17) is 4.74 Å². The molecule has 142 valence electrons. The minimum atomic E-state index is -0.399. The zero-order valence-corrected chi connectivity index (χ0v) is 15.6. The Hall–Kier alpha value is -3.68. The van der Waals surface area contributed by atoms with Crippen molar-refractivity contribution in [1.82, 2.24) is 20.2 Å². The van der Waals surface area contributed by atoms with Gasteiger partial charge in [-0.15, -0.1) is 0 Å². The van der Waals surface area contributed by atoms with E-state index in [1.165, 1.54) is 13.2 Å². The third kappa shape index (κ3) is 3.09. The molecule has 1 amide bonds. The lowest BCUT2D eigenvalue weighted by atomic mass is 10.1. The fourth-order valence-electron chi connectivity index (χ4n) is 2.97.